The molecule has 0 aromatic heterocycles. The Labute approximate surface area is 146 Å². The van der Waals surface area contributed by atoms with Crippen molar-refractivity contribution >= 4 is 14.0 Å². The van der Waals surface area contributed by atoms with E-state index in [4.69, 9.17) is 4.74 Å². The van der Waals surface area contributed by atoms with Crippen molar-refractivity contribution in [3.63, 3.8) is 0 Å². The Balaban J connectivity index is 3.52. The van der Waals surface area contributed by atoms with Gasteiger partial charge in [0.1, 0.15) is 0 Å². The highest BCUT2D eigenvalue weighted by molar-refractivity contribution is 6.80. The predicted molar refractivity (Wildman–Crippen MR) is 105 cm³/mol. The molecule has 0 aromatic rings. The Bertz CT molecular complexity index is 284. The molecule has 0 fully saturated rings. The van der Waals surface area contributed by atoms with E-state index in [0.717, 1.165) is 6.42 Å². The molecule has 3 heteroatoms. The van der Waals surface area contributed by atoms with E-state index in [-0.39, 0.29) is 11.5 Å². The Kier molecular flexibility index (Phi) is 13.9. The smallest absolute Gasteiger partial charge is 0.305 e. The highest BCUT2D eigenvalue weighted by Crippen LogP contribution is 2.29. The molecule has 0 rings (SSSR count). The third kappa shape index (κ3) is 12.7. The number of hydrogen-bond donors (Lipinski definition) is 0. The van der Waals surface area contributed by atoms with Crippen molar-refractivity contribution in [3.8, 4) is 0 Å². The molecular formula is C20H42O2Si. The van der Waals surface area contributed by atoms with Crippen molar-refractivity contribution in [2.75, 3.05) is 7.11 Å². The zero-order valence-corrected chi connectivity index (χ0v) is 17.6. The van der Waals surface area contributed by atoms with Gasteiger partial charge in [0.2, 0.25) is 0 Å². The SMILES string of the molecule is CCCCCCCCCCCCCCC(C(=O)OC)[Si](C)(C)C. The van der Waals surface area contributed by atoms with Gasteiger partial charge in [0.05, 0.1) is 20.7 Å². The summed E-state index contributed by atoms with van der Waals surface area (Å²) in [6.07, 6.45) is 17.4. The topological polar surface area (TPSA) is 26.3 Å². The van der Waals surface area contributed by atoms with Gasteiger partial charge in [-0.05, 0) is 6.42 Å². The number of hydrogen-bond acceptors (Lipinski definition) is 2. The lowest BCUT2D eigenvalue weighted by atomic mass is 10.0. The number of carbonyl (C=O) groups is 1. The highest BCUT2D eigenvalue weighted by atomic mass is 28.3. The van der Waals surface area contributed by atoms with E-state index in [2.05, 4.69) is 26.6 Å². The van der Waals surface area contributed by atoms with Crippen molar-refractivity contribution in [3.05, 3.63) is 0 Å². The zero-order valence-electron chi connectivity index (χ0n) is 16.6. The zero-order chi connectivity index (χ0) is 17.6. The Hall–Kier alpha value is -0.313. The van der Waals surface area contributed by atoms with E-state index in [1.165, 1.54) is 84.2 Å². The first kappa shape index (κ1) is 22.7. The van der Waals surface area contributed by atoms with Crippen LogP contribution in [-0.4, -0.2) is 21.2 Å². The van der Waals surface area contributed by atoms with Gasteiger partial charge < -0.3 is 4.74 Å². The molecule has 0 heterocycles. The van der Waals surface area contributed by atoms with E-state index in [1.54, 1.807) is 0 Å². The summed E-state index contributed by atoms with van der Waals surface area (Å²) in [5, 5.41) is 0. The van der Waals surface area contributed by atoms with Gasteiger partial charge in [-0.25, -0.2) is 0 Å². The molecule has 0 saturated heterocycles. The maximum Gasteiger partial charge on any atom is 0.305 e. The summed E-state index contributed by atoms with van der Waals surface area (Å²) >= 11 is 0. The van der Waals surface area contributed by atoms with Crippen molar-refractivity contribution < 1.29 is 9.53 Å². The van der Waals surface area contributed by atoms with E-state index in [0.29, 0.717) is 0 Å². The largest absolute Gasteiger partial charge is 0.469 e. The molecule has 0 radical (unpaired) electrons. The predicted octanol–water partition coefficient (Wildman–Crippen LogP) is 6.96. The number of esters is 1. The first-order chi connectivity index (χ1) is 10.9. The lowest BCUT2D eigenvalue weighted by Gasteiger charge is -2.26. The Morgan fingerprint density at radius 3 is 1.52 bits per heavy atom. The summed E-state index contributed by atoms with van der Waals surface area (Å²) in [5.74, 6) is 0.0206. The summed E-state index contributed by atoms with van der Waals surface area (Å²) in [6.45, 7) is 9.09. The van der Waals surface area contributed by atoms with Crippen LogP contribution in [0.1, 0.15) is 90.4 Å². The summed E-state index contributed by atoms with van der Waals surface area (Å²) in [7, 11) is 0.0801. The minimum Gasteiger partial charge on any atom is -0.469 e. The molecule has 138 valence electrons. The fraction of sp³-hybridized carbons (Fsp3) is 0.950. The average molecular weight is 343 g/mol. The van der Waals surface area contributed by atoms with Crippen molar-refractivity contribution in [1.82, 2.24) is 0 Å². The van der Waals surface area contributed by atoms with Gasteiger partial charge in [-0.15, -0.1) is 0 Å². The first-order valence-electron chi connectivity index (χ1n) is 10.0. The van der Waals surface area contributed by atoms with E-state index >= 15 is 0 Å². The lowest BCUT2D eigenvalue weighted by molar-refractivity contribution is -0.140. The van der Waals surface area contributed by atoms with Gasteiger partial charge >= 0.3 is 5.97 Å². The molecule has 0 spiro atoms. The van der Waals surface area contributed by atoms with Crippen molar-refractivity contribution in [2.45, 2.75) is 116 Å². The Morgan fingerprint density at radius 1 is 0.783 bits per heavy atom. The van der Waals surface area contributed by atoms with Crippen LogP contribution in [0, 0.1) is 0 Å². The number of rotatable bonds is 15. The van der Waals surface area contributed by atoms with Crippen molar-refractivity contribution in [2.24, 2.45) is 0 Å². The summed E-state index contributed by atoms with van der Waals surface area (Å²) < 4.78 is 4.99. The quantitative estimate of drug-likeness (QED) is 0.183. The number of methoxy groups -OCH3 is 1. The van der Waals surface area contributed by atoms with Gasteiger partial charge in [-0.3, -0.25) is 4.79 Å². The average Bonchev–Trinajstić information content (AvgIpc) is 2.50. The fourth-order valence-corrected chi connectivity index (χ4v) is 5.13. The van der Waals surface area contributed by atoms with Gasteiger partial charge in [0.25, 0.3) is 0 Å². The van der Waals surface area contributed by atoms with Gasteiger partial charge in [-0.2, -0.15) is 0 Å². The molecule has 0 N–H and O–H groups in total. The molecule has 0 aliphatic carbocycles. The standard InChI is InChI=1S/C20H42O2Si/c1-6-7-8-9-10-11-12-13-14-15-16-17-18-19(20(21)22-2)23(3,4)5/h19H,6-18H2,1-5H3. The molecule has 2 nitrogen and oxygen atoms in total. The molecule has 1 atom stereocenters. The van der Waals surface area contributed by atoms with Crippen LogP contribution < -0.4 is 0 Å². The van der Waals surface area contributed by atoms with Crippen LogP contribution in [0.4, 0.5) is 0 Å². The van der Waals surface area contributed by atoms with Crippen molar-refractivity contribution in [1.29, 1.82) is 0 Å². The van der Waals surface area contributed by atoms with Crippen LogP contribution >= 0.6 is 0 Å². The van der Waals surface area contributed by atoms with Gasteiger partial charge in [0, 0.05) is 0 Å². The fourth-order valence-electron chi connectivity index (χ4n) is 3.24. The number of carbonyl (C=O) groups excluding carboxylic acids is 1. The molecule has 0 amide bonds. The minimum absolute atomic E-state index is 0.0206. The molecule has 1 unspecified atom stereocenters. The number of ether oxygens (including phenoxy) is 1. The lowest BCUT2D eigenvalue weighted by Crippen LogP contribution is -2.34. The second-order valence-corrected chi connectivity index (χ2v) is 13.5. The molecule has 0 aliphatic heterocycles. The summed E-state index contributed by atoms with van der Waals surface area (Å²) in [5.41, 5.74) is 0.177. The second kappa shape index (κ2) is 14.1. The van der Waals surface area contributed by atoms with Crippen LogP contribution in [-0.2, 0) is 9.53 Å². The third-order valence-corrected chi connectivity index (χ3v) is 7.49. The molecule has 0 aromatic carbocycles. The van der Waals surface area contributed by atoms with E-state index in [9.17, 15) is 4.79 Å². The maximum absolute atomic E-state index is 11.9. The summed E-state index contributed by atoms with van der Waals surface area (Å²) in [4.78, 5) is 11.9. The number of unbranched alkanes of at least 4 members (excludes halogenated alkanes) is 11. The first-order valence-corrected chi connectivity index (χ1v) is 13.6. The van der Waals surface area contributed by atoms with Crippen LogP contribution in [0.25, 0.3) is 0 Å². The highest BCUT2D eigenvalue weighted by Gasteiger charge is 2.33. The van der Waals surface area contributed by atoms with Crippen LogP contribution in [0.15, 0.2) is 0 Å². The molecule has 0 saturated carbocycles. The molecule has 23 heavy (non-hydrogen) atoms. The minimum atomic E-state index is -1.45. The third-order valence-electron chi connectivity index (χ3n) is 4.88. The van der Waals surface area contributed by atoms with Gasteiger partial charge in [0.15, 0.2) is 0 Å². The van der Waals surface area contributed by atoms with E-state index < -0.39 is 8.07 Å². The maximum atomic E-state index is 11.9. The van der Waals surface area contributed by atoms with E-state index in [1.807, 2.05) is 0 Å². The van der Waals surface area contributed by atoms with Crippen LogP contribution in [0.5, 0.6) is 0 Å². The monoisotopic (exact) mass is 342 g/mol. The molecule has 0 bridgehead atoms. The molecular weight excluding hydrogens is 300 g/mol. The molecule has 0 aliphatic rings. The van der Waals surface area contributed by atoms with Gasteiger partial charge in [-0.1, -0.05) is 104 Å². The Morgan fingerprint density at radius 2 is 1.17 bits per heavy atom. The normalized spacial score (nSPS) is 13.1. The summed E-state index contributed by atoms with van der Waals surface area (Å²) in [6, 6.07) is 0. The second-order valence-electron chi connectivity index (χ2n) is 8.12. The van der Waals surface area contributed by atoms with Crippen LogP contribution in [0.2, 0.25) is 25.2 Å². The van der Waals surface area contributed by atoms with Crippen LogP contribution in [0.3, 0.4) is 0 Å².